The Labute approximate surface area is 97.3 Å². The smallest absolute Gasteiger partial charge is 0.0672 e. The van der Waals surface area contributed by atoms with Crippen LogP contribution in [0.4, 0.5) is 0 Å². The molecule has 1 aliphatic carbocycles. The van der Waals surface area contributed by atoms with E-state index in [0.717, 1.165) is 44.5 Å². The largest absolute Gasteiger partial charge is 0.382 e. The van der Waals surface area contributed by atoms with Crippen molar-refractivity contribution in [3.8, 4) is 0 Å². The first-order valence-corrected chi connectivity index (χ1v) is 6.61. The highest BCUT2D eigenvalue weighted by Gasteiger charge is 2.50. The molecule has 0 radical (unpaired) electrons. The minimum Gasteiger partial charge on any atom is -0.382 e. The zero-order chi connectivity index (χ0) is 10.7. The Balaban J connectivity index is 1.92. The Morgan fingerprint density at radius 2 is 2.27 bits per heavy atom. The summed E-state index contributed by atoms with van der Waals surface area (Å²) in [5, 5.41) is 0. The highest BCUT2D eigenvalue weighted by atomic mass is 35.5. The van der Waals surface area contributed by atoms with Crippen LogP contribution in [-0.4, -0.2) is 31.8 Å². The Hall–Kier alpha value is 0.210. The Morgan fingerprint density at radius 1 is 1.47 bits per heavy atom. The van der Waals surface area contributed by atoms with E-state index in [-0.39, 0.29) is 5.41 Å². The van der Waals surface area contributed by atoms with Gasteiger partial charge in [-0.15, -0.1) is 11.6 Å². The summed E-state index contributed by atoms with van der Waals surface area (Å²) in [7, 11) is 0. The van der Waals surface area contributed by atoms with Crippen molar-refractivity contribution in [2.45, 2.75) is 38.7 Å². The van der Waals surface area contributed by atoms with Crippen molar-refractivity contribution in [2.75, 3.05) is 25.7 Å². The summed E-state index contributed by atoms with van der Waals surface area (Å²) in [4.78, 5) is 0. The second-order valence-electron chi connectivity index (χ2n) is 4.82. The van der Waals surface area contributed by atoms with Crippen LogP contribution in [0.25, 0.3) is 0 Å². The molecule has 2 aliphatic rings. The number of rotatable bonds is 6. The summed E-state index contributed by atoms with van der Waals surface area (Å²) in [6.45, 7) is 4.56. The molecule has 0 aromatic carbocycles. The molecule has 3 heteroatoms. The molecule has 0 bridgehead atoms. The highest BCUT2D eigenvalue weighted by Crippen LogP contribution is 2.50. The van der Waals surface area contributed by atoms with E-state index in [2.05, 4.69) is 0 Å². The minimum atomic E-state index is 0.206. The van der Waals surface area contributed by atoms with Gasteiger partial charge < -0.3 is 9.47 Å². The lowest BCUT2D eigenvalue weighted by Gasteiger charge is -2.32. The standard InChI is InChI=1S/C12H21ClO2/c1-2-14-7-5-12(9-13)6-8-15-11(12)10-3-4-10/h10-11H,2-9H2,1H3. The monoisotopic (exact) mass is 232 g/mol. The lowest BCUT2D eigenvalue weighted by atomic mass is 9.78. The zero-order valence-corrected chi connectivity index (χ0v) is 10.3. The Kier molecular flexibility index (Phi) is 3.92. The highest BCUT2D eigenvalue weighted by molar-refractivity contribution is 6.18. The van der Waals surface area contributed by atoms with Crippen molar-refractivity contribution in [3.05, 3.63) is 0 Å². The molecular weight excluding hydrogens is 212 g/mol. The van der Waals surface area contributed by atoms with Crippen LogP contribution < -0.4 is 0 Å². The molecule has 0 N–H and O–H groups in total. The molecule has 2 atom stereocenters. The predicted molar refractivity (Wildman–Crippen MR) is 61.3 cm³/mol. The molecular formula is C12H21ClO2. The van der Waals surface area contributed by atoms with Gasteiger partial charge in [-0.2, -0.15) is 0 Å². The van der Waals surface area contributed by atoms with Crippen LogP contribution in [0.15, 0.2) is 0 Å². The zero-order valence-electron chi connectivity index (χ0n) is 9.51. The normalized spacial score (nSPS) is 36.0. The van der Waals surface area contributed by atoms with Crippen molar-refractivity contribution in [1.82, 2.24) is 0 Å². The van der Waals surface area contributed by atoms with E-state index in [1.807, 2.05) is 6.92 Å². The summed E-state index contributed by atoms with van der Waals surface area (Å²) in [6.07, 6.45) is 5.25. The van der Waals surface area contributed by atoms with E-state index >= 15 is 0 Å². The summed E-state index contributed by atoms with van der Waals surface area (Å²) in [5.41, 5.74) is 0.206. The van der Waals surface area contributed by atoms with E-state index in [0.29, 0.717) is 6.10 Å². The predicted octanol–water partition coefficient (Wildman–Crippen LogP) is 2.84. The first kappa shape index (κ1) is 11.7. The number of hydrogen-bond donors (Lipinski definition) is 0. The molecule has 88 valence electrons. The van der Waals surface area contributed by atoms with E-state index in [1.54, 1.807) is 0 Å². The molecule has 1 saturated heterocycles. The van der Waals surface area contributed by atoms with E-state index in [4.69, 9.17) is 21.1 Å². The number of alkyl halides is 1. The molecule has 2 fully saturated rings. The number of hydrogen-bond acceptors (Lipinski definition) is 2. The van der Waals surface area contributed by atoms with Gasteiger partial charge in [-0.3, -0.25) is 0 Å². The molecule has 0 amide bonds. The van der Waals surface area contributed by atoms with E-state index in [1.165, 1.54) is 12.8 Å². The maximum absolute atomic E-state index is 6.17. The van der Waals surface area contributed by atoms with Gasteiger partial charge in [0.15, 0.2) is 0 Å². The first-order chi connectivity index (χ1) is 7.32. The van der Waals surface area contributed by atoms with Gasteiger partial charge >= 0.3 is 0 Å². The molecule has 1 heterocycles. The van der Waals surface area contributed by atoms with Gasteiger partial charge in [-0.05, 0) is 38.5 Å². The minimum absolute atomic E-state index is 0.206. The maximum Gasteiger partial charge on any atom is 0.0672 e. The van der Waals surface area contributed by atoms with Gasteiger partial charge in [-0.1, -0.05) is 0 Å². The summed E-state index contributed by atoms with van der Waals surface area (Å²) in [5.74, 6) is 1.51. The van der Waals surface area contributed by atoms with Crippen LogP contribution in [0.1, 0.15) is 32.6 Å². The van der Waals surface area contributed by atoms with Crippen LogP contribution in [0, 0.1) is 11.3 Å². The third-order valence-electron chi connectivity index (χ3n) is 3.77. The second kappa shape index (κ2) is 5.03. The SMILES string of the molecule is CCOCCC1(CCl)CCOC1C1CC1. The molecule has 0 aromatic rings. The van der Waals surface area contributed by atoms with Crippen LogP contribution in [-0.2, 0) is 9.47 Å². The van der Waals surface area contributed by atoms with Crippen molar-refractivity contribution >= 4 is 11.6 Å². The van der Waals surface area contributed by atoms with E-state index < -0.39 is 0 Å². The number of ether oxygens (including phenoxy) is 2. The van der Waals surface area contributed by atoms with Crippen LogP contribution in [0.5, 0.6) is 0 Å². The van der Waals surface area contributed by atoms with Crippen molar-refractivity contribution in [1.29, 1.82) is 0 Å². The van der Waals surface area contributed by atoms with Gasteiger partial charge in [-0.25, -0.2) is 0 Å². The van der Waals surface area contributed by atoms with Crippen molar-refractivity contribution < 1.29 is 9.47 Å². The van der Waals surface area contributed by atoms with E-state index in [9.17, 15) is 0 Å². The fraction of sp³-hybridized carbons (Fsp3) is 1.00. The third kappa shape index (κ3) is 2.48. The summed E-state index contributed by atoms with van der Waals surface area (Å²) < 4.78 is 11.3. The molecule has 2 rings (SSSR count). The van der Waals surface area contributed by atoms with Crippen LogP contribution in [0.3, 0.4) is 0 Å². The molecule has 15 heavy (non-hydrogen) atoms. The quantitative estimate of drug-likeness (QED) is 0.518. The molecule has 2 nitrogen and oxygen atoms in total. The van der Waals surface area contributed by atoms with Gasteiger partial charge in [0.05, 0.1) is 6.10 Å². The molecule has 0 spiro atoms. The maximum atomic E-state index is 6.17. The summed E-state index contributed by atoms with van der Waals surface area (Å²) in [6, 6.07) is 0. The molecule has 2 unspecified atom stereocenters. The Bertz CT molecular complexity index is 206. The van der Waals surface area contributed by atoms with Gasteiger partial charge in [0, 0.05) is 31.1 Å². The third-order valence-corrected chi connectivity index (χ3v) is 4.30. The number of halogens is 1. The fourth-order valence-corrected chi connectivity index (χ4v) is 3.06. The average molecular weight is 233 g/mol. The van der Waals surface area contributed by atoms with Crippen molar-refractivity contribution in [2.24, 2.45) is 11.3 Å². The van der Waals surface area contributed by atoms with Gasteiger partial charge in [0.25, 0.3) is 0 Å². The van der Waals surface area contributed by atoms with Crippen LogP contribution in [0.2, 0.25) is 0 Å². The molecule has 1 aliphatic heterocycles. The average Bonchev–Trinajstić information content (AvgIpc) is 3.01. The fourth-order valence-electron chi connectivity index (χ4n) is 2.64. The van der Waals surface area contributed by atoms with Gasteiger partial charge in [0.1, 0.15) is 0 Å². The molecule has 0 aromatic heterocycles. The lowest BCUT2D eigenvalue weighted by molar-refractivity contribution is 0.0202. The van der Waals surface area contributed by atoms with Crippen molar-refractivity contribution in [3.63, 3.8) is 0 Å². The van der Waals surface area contributed by atoms with Gasteiger partial charge in [0.2, 0.25) is 0 Å². The topological polar surface area (TPSA) is 18.5 Å². The van der Waals surface area contributed by atoms with Crippen LogP contribution >= 0.6 is 11.6 Å². The Morgan fingerprint density at radius 3 is 2.87 bits per heavy atom. The summed E-state index contributed by atoms with van der Waals surface area (Å²) >= 11 is 6.17. The molecule has 1 saturated carbocycles. The lowest BCUT2D eigenvalue weighted by Crippen LogP contribution is -2.35. The second-order valence-corrected chi connectivity index (χ2v) is 5.09. The first-order valence-electron chi connectivity index (χ1n) is 6.08.